The predicted octanol–water partition coefficient (Wildman–Crippen LogP) is -0.329. The van der Waals surface area contributed by atoms with Crippen molar-refractivity contribution in [1.82, 2.24) is 15.1 Å². The minimum atomic E-state index is -3.23. The van der Waals surface area contributed by atoms with E-state index in [2.05, 4.69) is 5.32 Å². The smallest absolute Gasteiger partial charge is 0.335 e. The normalized spacial score (nSPS) is 24.6. The molecule has 5 amide bonds. The van der Waals surface area contributed by atoms with Crippen LogP contribution in [0.1, 0.15) is 18.9 Å². The molecule has 0 radical (unpaired) electrons. The van der Waals surface area contributed by atoms with E-state index in [4.69, 9.17) is 0 Å². The minimum Gasteiger partial charge on any atom is -0.348 e. The summed E-state index contributed by atoms with van der Waals surface area (Å²) in [6.07, 6.45) is 0.252. The maximum Gasteiger partial charge on any atom is 0.335 e. The van der Waals surface area contributed by atoms with Gasteiger partial charge in [0.15, 0.2) is 9.84 Å². The van der Waals surface area contributed by atoms with Gasteiger partial charge in [-0.05, 0) is 18.9 Å². The van der Waals surface area contributed by atoms with E-state index in [0.29, 0.717) is 10.5 Å². The van der Waals surface area contributed by atoms with E-state index < -0.39 is 45.7 Å². The molecular weight excluding hydrogens is 374 g/mol. The van der Waals surface area contributed by atoms with Crippen LogP contribution in [0.15, 0.2) is 30.3 Å². The first kappa shape index (κ1) is 19.0. The van der Waals surface area contributed by atoms with Gasteiger partial charge in [-0.3, -0.25) is 19.3 Å². The van der Waals surface area contributed by atoms with Gasteiger partial charge in [0.2, 0.25) is 5.91 Å². The van der Waals surface area contributed by atoms with Crippen LogP contribution in [-0.2, 0) is 30.8 Å². The van der Waals surface area contributed by atoms with Crippen LogP contribution in [0.4, 0.5) is 4.79 Å². The van der Waals surface area contributed by atoms with E-state index in [9.17, 15) is 27.6 Å². The fourth-order valence-electron chi connectivity index (χ4n) is 3.22. The Labute approximate surface area is 156 Å². The molecule has 2 aliphatic rings. The SMILES string of the molecule is C[C@]1(NC(=O)CN2C(=O)C(=O)N(Cc3ccccc3)C2=O)CCS(=O)(=O)C1. The number of carbonyl (C=O) groups excluding carboxylic acids is 4. The summed E-state index contributed by atoms with van der Waals surface area (Å²) in [6.45, 7) is 0.887. The zero-order valence-corrected chi connectivity index (χ0v) is 15.5. The second-order valence-corrected chi connectivity index (χ2v) is 9.19. The molecule has 0 bridgehead atoms. The molecule has 9 nitrogen and oxygen atoms in total. The molecule has 0 saturated carbocycles. The molecule has 0 aromatic heterocycles. The summed E-state index contributed by atoms with van der Waals surface area (Å²) in [4.78, 5) is 50.3. The van der Waals surface area contributed by atoms with Crippen molar-refractivity contribution in [3.05, 3.63) is 35.9 Å². The summed E-state index contributed by atoms with van der Waals surface area (Å²) in [6, 6.07) is 7.81. The molecular formula is C17H19N3O6S. The topological polar surface area (TPSA) is 121 Å². The Hall–Kier alpha value is -2.75. The molecule has 1 atom stereocenters. The number of benzene rings is 1. The Bertz CT molecular complexity index is 914. The molecule has 1 aromatic rings. The van der Waals surface area contributed by atoms with E-state index in [1.165, 1.54) is 0 Å². The fourth-order valence-corrected chi connectivity index (χ4v) is 5.32. The summed E-state index contributed by atoms with van der Waals surface area (Å²) in [5.74, 6) is -2.99. The molecule has 144 valence electrons. The van der Waals surface area contributed by atoms with E-state index in [0.717, 1.165) is 4.90 Å². The van der Waals surface area contributed by atoms with Crippen molar-refractivity contribution >= 4 is 33.6 Å². The molecule has 2 heterocycles. The first-order valence-electron chi connectivity index (χ1n) is 8.33. The van der Waals surface area contributed by atoms with Gasteiger partial charge in [0.05, 0.1) is 23.6 Å². The van der Waals surface area contributed by atoms with Gasteiger partial charge in [-0.2, -0.15) is 0 Å². The van der Waals surface area contributed by atoms with E-state index in [-0.39, 0.29) is 24.5 Å². The first-order chi connectivity index (χ1) is 12.6. The molecule has 0 spiro atoms. The highest BCUT2D eigenvalue weighted by molar-refractivity contribution is 7.91. The third kappa shape index (κ3) is 4.00. The van der Waals surface area contributed by atoms with Crippen molar-refractivity contribution in [1.29, 1.82) is 0 Å². The van der Waals surface area contributed by atoms with Gasteiger partial charge in [0.1, 0.15) is 6.54 Å². The first-order valence-corrected chi connectivity index (χ1v) is 10.2. The average molecular weight is 393 g/mol. The molecule has 3 rings (SSSR count). The molecule has 1 N–H and O–H groups in total. The van der Waals surface area contributed by atoms with Gasteiger partial charge in [-0.1, -0.05) is 30.3 Å². The number of sulfone groups is 1. The summed E-state index contributed by atoms with van der Waals surface area (Å²) < 4.78 is 23.2. The van der Waals surface area contributed by atoms with Crippen LogP contribution in [0.25, 0.3) is 0 Å². The largest absolute Gasteiger partial charge is 0.348 e. The summed E-state index contributed by atoms with van der Waals surface area (Å²) >= 11 is 0. The molecule has 1 aromatic carbocycles. The van der Waals surface area contributed by atoms with Crippen LogP contribution < -0.4 is 5.32 Å². The molecule has 0 unspecified atom stereocenters. The Morgan fingerprint density at radius 2 is 1.74 bits per heavy atom. The number of hydrogen-bond donors (Lipinski definition) is 1. The summed E-state index contributed by atoms with van der Waals surface area (Å²) in [5.41, 5.74) is -0.280. The monoisotopic (exact) mass is 393 g/mol. The molecule has 0 aliphatic carbocycles. The van der Waals surface area contributed by atoms with Crippen molar-refractivity contribution < 1.29 is 27.6 Å². The Kier molecular flexibility index (Phi) is 4.77. The van der Waals surface area contributed by atoms with Gasteiger partial charge in [0, 0.05) is 0 Å². The minimum absolute atomic E-state index is 0.0330. The standard InChI is InChI=1S/C17H19N3O6S/c1-17(7-8-27(25,26)11-17)18-13(21)10-20-15(23)14(22)19(16(20)24)9-12-5-3-2-4-6-12/h2-6H,7-11H2,1H3,(H,18,21)/t17-/m0/s1. The highest BCUT2D eigenvalue weighted by Crippen LogP contribution is 2.23. The van der Waals surface area contributed by atoms with Gasteiger partial charge < -0.3 is 5.32 Å². The van der Waals surface area contributed by atoms with E-state index in [1.807, 2.05) is 0 Å². The van der Waals surface area contributed by atoms with Crippen molar-refractivity contribution in [3.63, 3.8) is 0 Å². The maximum atomic E-state index is 12.4. The average Bonchev–Trinajstić information content (AvgIpc) is 2.98. The number of hydrogen-bond acceptors (Lipinski definition) is 6. The van der Waals surface area contributed by atoms with Gasteiger partial charge in [0.25, 0.3) is 0 Å². The number of carbonyl (C=O) groups is 4. The Balaban J connectivity index is 1.66. The quantitative estimate of drug-likeness (QED) is 0.540. The Morgan fingerprint density at radius 3 is 2.33 bits per heavy atom. The van der Waals surface area contributed by atoms with Crippen LogP contribution in [0.3, 0.4) is 0 Å². The van der Waals surface area contributed by atoms with Crippen molar-refractivity contribution in [2.24, 2.45) is 0 Å². The van der Waals surface area contributed by atoms with Crippen LogP contribution in [-0.4, -0.2) is 65.6 Å². The van der Waals surface area contributed by atoms with E-state index in [1.54, 1.807) is 37.3 Å². The van der Waals surface area contributed by atoms with Crippen LogP contribution >= 0.6 is 0 Å². The van der Waals surface area contributed by atoms with Gasteiger partial charge >= 0.3 is 17.8 Å². The molecule has 2 fully saturated rings. The predicted molar refractivity (Wildman–Crippen MR) is 93.9 cm³/mol. The summed E-state index contributed by atoms with van der Waals surface area (Å²) in [5, 5.41) is 2.56. The second-order valence-electron chi connectivity index (χ2n) is 7.00. The van der Waals surface area contributed by atoms with Crippen LogP contribution in [0.2, 0.25) is 0 Å². The van der Waals surface area contributed by atoms with Crippen molar-refractivity contribution in [2.75, 3.05) is 18.1 Å². The maximum absolute atomic E-state index is 12.4. The molecule has 10 heteroatoms. The number of imide groups is 2. The van der Waals surface area contributed by atoms with Crippen LogP contribution in [0, 0.1) is 0 Å². The third-order valence-corrected chi connectivity index (χ3v) is 6.47. The highest BCUT2D eigenvalue weighted by Gasteiger charge is 2.46. The third-order valence-electron chi connectivity index (χ3n) is 4.56. The van der Waals surface area contributed by atoms with Crippen molar-refractivity contribution in [2.45, 2.75) is 25.4 Å². The molecule has 2 aliphatic heterocycles. The summed E-state index contributed by atoms with van der Waals surface area (Å²) in [7, 11) is -3.23. The Morgan fingerprint density at radius 1 is 1.11 bits per heavy atom. The number of amides is 5. The number of nitrogens with zero attached hydrogens (tertiary/aromatic N) is 2. The lowest BCUT2D eigenvalue weighted by Gasteiger charge is -2.25. The lowest BCUT2D eigenvalue weighted by Crippen LogP contribution is -2.51. The van der Waals surface area contributed by atoms with Crippen molar-refractivity contribution in [3.8, 4) is 0 Å². The zero-order chi connectivity index (χ0) is 19.8. The lowest BCUT2D eigenvalue weighted by molar-refractivity contribution is -0.144. The van der Waals surface area contributed by atoms with Gasteiger partial charge in [-0.25, -0.2) is 18.1 Å². The number of nitrogens with one attached hydrogen (secondary N) is 1. The number of rotatable bonds is 5. The zero-order valence-electron chi connectivity index (χ0n) is 14.7. The van der Waals surface area contributed by atoms with Crippen LogP contribution in [0.5, 0.6) is 0 Å². The second kappa shape index (κ2) is 6.76. The van der Waals surface area contributed by atoms with Gasteiger partial charge in [-0.15, -0.1) is 0 Å². The van der Waals surface area contributed by atoms with E-state index >= 15 is 0 Å². The fraction of sp³-hybridized carbons (Fsp3) is 0.412. The number of urea groups is 1. The lowest BCUT2D eigenvalue weighted by atomic mass is 10.0. The molecule has 27 heavy (non-hydrogen) atoms. The molecule has 2 saturated heterocycles. The highest BCUT2D eigenvalue weighted by atomic mass is 32.2.